The number of nitrogens with zero attached hydrogens (tertiary/aromatic N) is 2. The molecule has 15 unspecified atom stereocenters. The van der Waals surface area contributed by atoms with Gasteiger partial charge < -0.3 is 4.74 Å². The zero-order valence-corrected chi connectivity index (χ0v) is 32.9. The molecule has 0 aromatic rings. The van der Waals surface area contributed by atoms with E-state index >= 15 is 0 Å². The van der Waals surface area contributed by atoms with Crippen molar-refractivity contribution < 1.29 is 4.74 Å². The van der Waals surface area contributed by atoms with Crippen molar-refractivity contribution in [1.29, 1.82) is 0 Å². The van der Waals surface area contributed by atoms with E-state index in [9.17, 15) is 0 Å². The Kier molecular flexibility index (Phi) is 9.66. The molecular weight excluding hydrogens is 621 g/mol. The standard InChI is InChI=1S/C48H78N2O/c1-2-10-31(11-3-1)32-18-22-35(23-19-32)49-44-16-8-5-13-38(44)41-28-33(21-26-45(41)49)34-20-25-39-37-12-4-7-15-43(37)50(46(39)29-34)36-24-27-48-42(30-36)40-14-6-9-17-47(40)51-48/h31-48H,1-30H2. The summed E-state index contributed by atoms with van der Waals surface area (Å²) in [7, 11) is 0. The van der Waals surface area contributed by atoms with E-state index in [1.807, 2.05) is 0 Å². The second kappa shape index (κ2) is 14.4. The van der Waals surface area contributed by atoms with E-state index in [1.165, 1.54) is 96.3 Å². The molecule has 8 saturated carbocycles. The summed E-state index contributed by atoms with van der Waals surface area (Å²) in [5.41, 5.74) is 0. The molecule has 0 radical (unpaired) electrons. The monoisotopic (exact) mass is 699 g/mol. The van der Waals surface area contributed by atoms with Gasteiger partial charge in [0.2, 0.25) is 0 Å². The quantitative estimate of drug-likeness (QED) is 0.291. The van der Waals surface area contributed by atoms with Crippen LogP contribution in [0.2, 0.25) is 0 Å². The molecule has 3 heterocycles. The predicted octanol–water partition coefficient (Wildman–Crippen LogP) is 11.6. The Balaban J connectivity index is 0.783. The molecular formula is C48H78N2O. The third-order valence-corrected chi connectivity index (χ3v) is 20.0. The van der Waals surface area contributed by atoms with Gasteiger partial charge >= 0.3 is 0 Å². The molecule has 11 fully saturated rings. The first kappa shape index (κ1) is 34.2. The lowest BCUT2D eigenvalue weighted by Crippen LogP contribution is -2.51. The number of likely N-dealkylation sites (tertiary alicyclic amines) is 2. The minimum atomic E-state index is 0.616. The highest BCUT2D eigenvalue weighted by Gasteiger charge is 2.58. The van der Waals surface area contributed by atoms with Gasteiger partial charge in [-0.3, -0.25) is 9.80 Å². The van der Waals surface area contributed by atoms with Crippen molar-refractivity contribution in [3.8, 4) is 0 Å². The Bertz CT molecular complexity index is 1190. The van der Waals surface area contributed by atoms with Crippen LogP contribution in [-0.4, -0.2) is 58.3 Å². The van der Waals surface area contributed by atoms with E-state index in [-0.39, 0.29) is 0 Å². The summed E-state index contributed by atoms with van der Waals surface area (Å²) in [5, 5.41) is 0. The summed E-state index contributed by atoms with van der Waals surface area (Å²) >= 11 is 0. The molecule has 3 saturated heterocycles. The highest BCUT2D eigenvalue weighted by atomic mass is 16.5. The average Bonchev–Trinajstić information content (AvgIpc) is 3.85. The van der Waals surface area contributed by atoms with Crippen molar-refractivity contribution in [1.82, 2.24) is 9.80 Å². The first-order valence-corrected chi connectivity index (χ1v) is 24.5. The summed E-state index contributed by atoms with van der Waals surface area (Å²) in [5.74, 6) is 10.2. The van der Waals surface area contributed by atoms with Gasteiger partial charge in [0.25, 0.3) is 0 Å². The predicted molar refractivity (Wildman–Crippen MR) is 208 cm³/mol. The Hall–Kier alpha value is -0.120. The lowest BCUT2D eigenvalue weighted by molar-refractivity contribution is -0.0214. The Labute approximate surface area is 313 Å². The van der Waals surface area contributed by atoms with E-state index < -0.39 is 0 Å². The van der Waals surface area contributed by atoms with Crippen LogP contribution in [0, 0.1) is 59.2 Å². The first-order valence-electron chi connectivity index (χ1n) is 24.5. The van der Waals surface area contributed by atoms with Crippen LogP contribution in [0.3, 0.4) is 0 Å². The molecule has 3 aliphatic heterocycles. The van der Waals surface area contributed by atoms with E-state index in [0.29, 0.717) is 12.2 Å². The molecule has 11 aliphatic rings. The SMILES string of the molecule is C1CCC(C2CCC(N3C4CCCCC4C4CC(C5CCC6C7CCCCC7N(C7CCC8OC9CCCCC9C8C7)C6C5)CCC43)CC2)CC1. The third kappa shape index (κ3) is 6.01. The maximum atomic E-state index is 6.82. The van der Waals surface area contributed by atoms with Crippen molar-refractivity contribution in [2.24, 2.45) is 59.2 Å². The van der Waals surface area contributed by atoms with Gasteiger partial charge in [-0.05, 0) is 181 Å². The molecule has 0 bridgehead atoms. The van der Waals surface area contributed by atoms with Crippen LogP contribution < -0.4 is 0 Å². The van der Waals surface area contributed by atoms with Gasteiger partial charge in [0.15, 0.2) is 0 Å². The van der Waals surface area contributed by atoms with Gasteiger partial charge in [0, 0.05) is 36.3 Å². The summed E-state index contributed by atoms with van der Waals surface area (Å²) < 4.78 is 6.82. The van der Waals surface area contributed by atoms with Crippen molar-refractivity contribution in [3.63, 3.8) is 0 Å². The summed E-state index contributed by atoms with van der Waals surface area (Å²) in [6.45, 7) is 0. The second-order valence-electron chi connectivity index (χ2n) is 21.8. The second-order valence-corrected chi connectivity index (χ2v) is 21.8. The van der Waals surface area contributed by atoms with E-state index in [0.717, 1.165) is 95.4 Å². The summed E-state index contributed by atoms with van der Waals surface area (Å²) in [4.78, 5) is 6.68. The van der Waals surface area contributed by atoms with Crippen LogP contribution in [-0.2, 0) is 4.74 Å². The van der Waals surface area contributed by atoms with E-state index in [2.05, 4.69) is 9.80 Å². The van der Waals surface area contributed by atoms with Crippen LogP contribution in [0.25, 0.3) is 0 Å². The van der Waals surface area contributed by atoms with Gasteiger partial charge in [0.05, 0.1) is 12.2 Å². The van der Waals surface area contributed by atoms with Crippen molar-refractivity contribution >= 4 is 0 Å². The van der Waals surface area contributed by atoms with Crippen LogP contribution in [0.15, 0.2) is 0 Å². The fraction of sp³-hybridized carbons (Fsp3) is 1.00. The zero-order chi connectivity index (χ0) is 33.5. The molecule has 0 amide bonds. The lowest BCUT2D eigenvalue weighted by atomic mass is 9.62. The maximum Gasteiger partial charge on any atom is 0.0612 e. The normalized spacial score (nSPS) is 53.8. The zero-order valence-electron chi connectivity index (χ0n) is 32.9. The fourth-order valence-corrected chi connectivity index (χ4v) is 18.1. The number of hydrogen-bond acceptors (Lipinski definition) is 3. The average molecular weight is 699 g/mol. The highest BCUT2D eigenvalue weighted by molar-refractivity contribution is 5.11. The summed E-state index contributed by atoms with van der Waals surface area (Å²) in [6.07, 6.45) is 47.2. The van der Waals surface area contributed by atoms with Crippen LogP contribution >= 0.6 is 0 Å². The Morgan fingerprint density at radius 1 is 0.275 bits per heavy atom. The minimum Gasteiger partial charge on any atom is -0.374 e. The van der Waals surface area contributed by atoms with Gasteiger partial charge in [-0.2, -0.15) is 0 Å². The Morgan fingerprint density at radius 2 is 0.804 bits per heavy atom. The lowest BCUT2D eigenvalue weighted by Gasteiger charge is -2.48. The van der Waals surface area contributed by atoms with E-state index in [1.54, 1.807) is 96.3 Å². The topological polar surface area (TPSA) is 15.7 Å². The molecule has 0 N–H and O–H groups in total. The van der Waals surface area contributed by atoms with Crippen molar-refractivity contribution in [2.45, 2.75) is 241 Å². The Morgan fingerprint density at radius 3 is 1.61 bits per heavy atom. The largest absolute Gasteiger partial charge is 0.374 e. The molecule has 3 heteroatoms. The van der Waals surface area contributed by atoms with Crippen molar-refractivity contribution in [2.75, 3.05) is 0 Å². The maximum absolute atomic E-state index is 6.82. The van der Waals surface area contributed by atoms with E-state index in [4.69, 9.17) is 4.74 Å². The first-order chi connectivity index (χ1) is 25.3. The van der Waals surface area contributed by atoms with Crippen LogP contribution in [0.1, 0.15) is 193 Å². The fourth-order valence-electron chi connectivity index (χ4n) is 18.1. The molecule has 11 rings (SSSR count). The number of fused-ring (bicyclic) bond motifs is 9. The minimum absolute atomic E-state index is 0.616. The van der Waals surface area contributed by atoms with Crippen molar-refractivity contribution in [3.05, 3.63) is 0 Å². The number of rotatable bonds is 4. The summed E-state index contributed by atoms with van der Waals surface area (Å²) in [6, 6.07) is 5.62. The molecule has 3 nitrogen and oxygen atoms in total. The van der Waals surface area contributed by atoms with Gasteiger partial charge in [-0.1, -0.05) is 70.6 Å². The molecule has 286 valence electrons. The molecule has 0 aromatic heterocycles. The van der Waals surface area contributed by atoms with Gasteiger partial charge in [-0.25, -0.2) is 0 Å². The van der Waals surface area contributed by atoms with Gasteiger partial charge in [-0.15, -0.1) is 0 Å². The third-order valence-electron chi connectivity index (χ3n) is 20.0. The van der Waals surface area contributed by atoms with Crippen LogP contribution in [0.5, 0.6) is 0 Å². The molecule has 0 aromatic carbocycles. The number of hydrogen-bond donors (Lipinski definition) is 0. The van der Waals surface area contributed by atoms with Crippen LogP contribution in [0.4, 0.5) is 0 Å². The number of ether oxygens (including phenoxy) is 1. The molecule has 0 spiro atoms. The molecule has 51 heavy (non-hydrogen) atoms. The smallest absolute Gasteiger partial charge is 0.0612 e. The highest BCUT2D eigenvalue weighted by Crippen LogP contribution is 2.59. The molecule has 8 aliphatic carbocycles. The molecule has 15 atom stereocenters. The van der Waals surface area contributed by atoms with Gasteiger partial charge in [0.1, 0.15) is 0 Å².